The van der Waals surface area contributed by atoms with Gasteiger partial charge in [0.25, 0.3) is 17.6 Å². The predicted octanol–water partition coefficient (Wildman–Crippen LogP) is 6.34. The summed E-state index contributed by atoms with van der Waals surface area (Å²) in [6.07, 6.45) is -8.21. The number of hydrogen-bond acceptors (Lipinski definition) is 6. The molecule has 4 aromatic rings. The van der Waals surface area contributed by atoms with Crippen LogP contribution in [0.25, 0.3) is 10.9 Å². The Labute approximate surface area is 282 Å². The maximum atomic E-state index is 14.0. The van der Waals surface area contributed by atoms with Crippen LogP contribution in [-0.2, 0) is 22.3 Å². The number of H-pyrrole nitrogens is 1. The van der Waals surface area contributed by atoms with Gasteiger partial charge in [-0.3, -0.25) is 19.3 Å². The molecule has 0 spiro atoms. The lowest BCUT2D eigenvalue weighted by Gasteiger charge is -2.34. The second kappa shape index (κ2) is 15.6. The summed E-state index contributed by atoms with van der Waals surface area (Å²) in [7, 11) is 0. The minimum absolute atomic E-state index is 0.00227. The number of nitrogens with zero attached hydrogens (tertiary/aromatic N) is 2. The van der Waals surface area contributed by atoms with E-state index in [1.54, 1.807) is 37.3 Å². The third-order valence-electron chi connectivity index (χ3n) is 8.01. The number of ketones is 1. The summed E-state index contributed by atoms with van der Waals surface area (Å²) in [6.45, 7) is 7.82. The van der Waals surface area contributed by atoms with Gasteiger partial charge in [-0.15, -0.1) is 0 Å². The Bertz CT molecular complexity index is 1880. The molecule has 50 heavy (non-hydrogen) atoms. The average Bonchev–Trinajstić information content (AvgIpc) is 3.50. The molecule has 2 amide bonds. The van der Waals surface area contributed by atoms with E-state index >= 15 is 0 Å². The standard InChI is InChI=1S/C32H32F3N5O3.C2HF3O2/c1-3-39-12-14-40(15-13-39)19-22-10-11-23(17-26(22)32(33,34)35)37-30(42)21-9-8-20(2)28(16-21)38-31(43)29(41)25-18-36-27-7-5-4-6-24(25)27;3-2(4,5)1(6)7/h4-11,16-18,36H,3,12-15,19H2,1-2H3,(H,37,42)(H,38,43);(H,6,7). The van der Waals surface area contributed by atoms with Crippen LogP contribution in [0.15, 0.2) is 66.9 Å². The molecule has 2 heterocycles. The number of rotatable bonds is 8. The van der Waals surface area contributed by atoms with Crippen molar-refractivity contribution in [3.8, 4) is 0 Å². The number of carbonyl (C=O) groups excluding carboxylic acids is 3. The first-order chi connectivity index (χ1) is 23.5. The molecule has 0 saturated carbocycles. The zero-order valence-electron chi connectivity index (χ0n) is 26.8. The van der Waals surface area contributed by atoms with E-state index in [-0.39, 0.29) is 34.6 Å². The maximum Gasteiger partial charge on any atom is 0.490 e. The van der Waals surface area contributed by atoms with Crippen molar-refractivity contribution in [2.75, 3.05) is 43.4 Å². The van der Waals surface area contributed by atoms with Crippen LogP contribution in [0.1, 0.15) is 44.3 Å². The van der Waals surface area contributed by atoms with Gasteiger partial charge in [0.2, 0.25) is 0 Å². The van der Waals surface area contributed by atoms with E-state index in [0.29, 0.717) is 29.6 Å². The average molecular weight is 706 g/mol. The van der Waals surface area contributed by atoms with E-state index in [2.05, 4.69) is 27.4 Å². The molecule has 5 rings (SSSR count). The van der Waals surface area contributed by atoms with Crippen molar-refractivity contribution < 1.29 is 50.6 Å². The van der Waals surface area contributed by atoms with E-state index < -0.39 is 41.5 Å². The highest BCUT2D eigenvalue weighted by atomic mass is 19.4. The van der Waals surface area contributed by atoms with Crippen molar-refractivity contribution in [2.45, 2.75) is 32.7 Å². The highest BCUT2D eigenvalue weighted by molar-refractivity contribution is 6.48. The number of aromatic amines is 1. The second-order valence-electron chi connectivity index (χ2n) is 11.4. The summed E-state index contributed by atoms with van der Waals surface area (Å²) in [5, 5.41) is 12.8. The molecule has 1 fully saturated rings. The van der Waals surface area contributed by atoms with Crippen LogP contribution >= 0.6 is 0 Å². The van der Waals surface area contributed by atoms with Crippen LogP contribution in [0.2, 0.25) is 0 Å². The Morgan fingerprint density at radius 3 is 2.12 bits per heavy atom. The number of hydrogen-bond donors (Lipinski definition) is 4. The number of fused-ring (bicyclic) bond motifs is 1. The van der Waals surface area contributed by atoms with Crippen LogP contribution in [0.4, 0.5) is 37.7 Å². The first-order valence-electron chi connectivity index (χ1n) is 15.3. The lowest BCUT2D eigenvalue weighted by Crippen LogP contribution is -2.45. The van der Waals surface area contributed by atoms with Crippen molar-refractivity contribution in [3.63, 3.8) is 0 Å². The number of carboxylic acid groups (broad SMARTS) is 1. The lowest BCUT2D eigenvalue weighted by atomic mass is 10.0. The monoisotopic (exact) mass is 705 g/mol. The molecule has 266 valence electrons. The molecule has 0 aliphatic carbocycles. The van der Waals surface area contributed by atoms with Crippen LogP contribution in [-0.4, -0.2) is 82.4 Å². The van der Waals surface area contributed by atoms with E-state index in [4.69, 9.17) is 9.90 Å². The number of alkyl halides is 6. The number of aryl methyl sites for hydroxylation is 1. The molecule has 1 aromatic heterocycles. The molecular formula is C34H33F6N5O5. The fraction of sp³-hybridized carbons (Fsp3) is 0.294. The third-order valence-corrected chi connectivity index (χ3v) is 8.01. The number of amides is 2. The molecule has 1 aliphatic rings. The molecule has 1 saturated heterocycles. The Balaban J connectivity index is 0.000000727. The zero-order valence-corrected chi connectivity index (χ0v) is 26.8. The second-order valence-corrected chi connectivity index (χ2v) is 11.4. The van der Waals surface area contributed by atoms with Gasteiger partial charge in [0.1, 0.15) is 0 Å². The van der Waals surface area contributed by atoms with Gasteiger partial charge in [-0.1, -0.05) is 37.3 Å². The fourth-order valence-electron chi connectivity index (χ4n) is 5.22. The number of carbonyl (C=O) groups is 4. The minimum atomic E-state index is -5.08. The molecule has 0 bridgehead atoms. The highest BCUT2D eigenvalue weighted by Crippen LogP contribution is 2.35. The largest absolute Gasteiger partial charge is 0.490 e. The van der Waals surface area contributed by atoms with Gasteiger partial charge in [0.15, 0.2) is 0 Å². The Kier molecular flexibility index (Phi) is 11.7. The molecule has 1 aliphatic heterocycles. The molecule has 0 radical (unpaired) electrons. The Hall–Kier alpha value is -5.22. The van der Waals surface area contributed by atoms with E-state index in [0.717, 1.165) is 25.7 Å². The highest BCUT2D eigenvalue weighted by Gasteiger charge is 2.38. The summed E-state index contributed by atoms with van der Waals surface area (Å²) in [5.74, 6) is -5.05. The fourth-order valence-corrected chi connectivity index (χ4v) is 5.22. The summed E-state index contributed by atoms with van der Waals surface area (Å²) < 4.78 is 73.8. The quantitative estimate of drug-likeness (QED) is 0.0955. The smallest absolute Gasteiger partial charge is 0.475 e. The van der Waals surface area contributed by atoms with E-state index in [1.807, 2.05) is 4.90 Å². The Morgan fingerprint density at radius 2 is 1.50 bits per heavy atom. The topological polar surface area (TPSA) is 135 Å². The minimum Gasteiger partial charge on any atom is -0.475 e. The third kappa shape index (κ3) is 9.47. The summed E-state index contributed by atoms with van der Waals surface area (Å²) in [6, 6.07) is 15.4. The number of halogens is 6. The van der Waals surface area contributed by atoms with Crippen molar-refractivity contribution >= 4 is 45.8 Å². The molecule has 4 N–H and O–H groups in total. The molecule has 0 atom stereocenters. The maximum absolute atomic E-state index is 14.0. The van der Waals surface area contributed by atoms with Gasteiger partial charge >= 0.3 is 18.3 Å². The summed E-state index contributed by atoms with van der Waals surface area (Å²) >= 11 is 0. The van der Waals surface area contributed by atoms with Gasteiger partial charge in [0.05, 0.1) is 11.1 Å². The number of Topliss-reactive ketones (excluding diaryl/α,β-unsaturated/α-hetero) is 1. The van der Waals surface area contributed by atoms with E-state index in [1.165, 1.54) is 30.5 Å². The number of nitrogens with one attached hydrogen (secondary N) is 3. The number of carboxylic acids is 1. The Morgan fingerprint density at radius 1 is 0.860 bits per heavy atom. The summed E-state index contributed by atoms with van der Waals surface area (Å²) in [5.41, 5.74) is 1.22. The molecule has 16 heteroatoms. The van der Waals surface area contributed by atoms with Crippen molar-refractivity contribution in [2.24, 2.45) is 0 Å². The van der Waals surface area contributed by atoms with Gasteiger partial charge < -0.3 is 25.6 Å². The van der Waals surface area contributed by atoms with Crippen LogP contribution in [0, 0.1) is 6.92 Å². The number of benzene rings is 3. The SMILES string of the molecule is CCN1CCN(Cc2ccc(NC(=O)c3ccc(C)c(NC(=O)C(=O)c4c[nH]c5ccccc45)c3)cc2C(F)(F)F)CC1.O=C(O)C(F)(F)F. The number of aromatic nitrogens is 1. The van der Waals surface area contributed by atoms with Gasteiger partial charge in [-0.25, -0.2) is 4.79 Å². The van der Waals surface area contributed by atoms with Crippen LogP contribution in [0.3, 0.4) is 0 Å². The summed E-state index contributed by atoms with van der Waals surface area (Å²) in [4.78, 5) is 54.9. The number of para-hydroxylation sites is 1. The number of likely N-dealkylation sites (N-methyl/N-ethyl adjacent to an activating group) is 1. The van der Waals surface area contributed by atoms with Gasteiger partial charge in [0, 0.05) is 66.8 Å². The van der Waals surface area contributed by atoms with Crippen molar-refractivity contribution in [1.29, 1.82) is 0 Å². The van der Waals surface area contributed by atoms with E-state index in [9.17, 15) is 40.7 Å². The van der Waals surface area contributed by atoms with Gasteiger partial charge in [-0.2, -0.15) is 26.3 Å². The van der Waals surface area contributed by atoms with Gasteiger partial charge in [-0.05, 0) is 54.9 Å². The first-order valence-corrected chi connectivity index (χ1v) is 15.3. The molecule has 3 aromatic carbocycles. The normalized spacial score (nSPS) is 14.1. The van der Waals surface area contributed by atoms with Crippen molar-refractivity contribution in [3.05, 3.63) is 94.7 Å². The first kappa shape index (κ1) is 37.6. The predicted molar refractivity (Wildman–Crippen MR) is 173 cm³/mol. The molecular weight excluding hydrogens is 672 g/mol. The van der Waals surface area contributed by atoms with Crippen LogP contribution < -0.4 is 10.6 Å². The number of anilines is 2. The molecule has 10 nitrogen and oxygen atoms in total. The number of aliphatic carboxylic acids is 1. The van der Waals surface area contributed by atoms with Crippen LogP contribution in [0.5, 0.6) is 0 Å². The van der Waals surface area contributed by atoms with Crippen molar-refractivity contribution in [1.82, 2.24) is 14.8 Å². The lowest BCUT2D eigenvalue weighted by molar-refractivity contribution is -0.192. The zero-order chi connectivity index (χ0) is 36.8. The molecule has 0 unspecified atom stereocenters. The number of piperazine rings is 1.